The number of hydrogen-bond donors (Lipinski definition) is 1. The summed E-state index contributed by atoms with van der Waals surface area (Å²) in [7, 11) is 0. The third kappa shape index (κ3) is 4.67. The molecular weight excluding hydrogens is 170 g/mol. The molecule has 0 heterocycles. The first-order chi connectivity index (χ1) is 6.83. The third-order valence-electron chi connectivity index (χ3n) is 2.88. The summed E-state index contributed by atoms with van der Waals surface area (Å²) in [6, 6.07) is 0.776. The summed E-state index contributed by atoms with van der Waals surface area (Å²) in [6.07, 6.45) is 7.39. The van der Waals surface area contributed by atoms with Crippen molar-refractivity contribution in [3.05, 3.63) is 0 Å². The standard InChI is InChI=1S/C13H23N/c1-3-4-5-6-7-10-14-13-9-8-12(2)11-13/h12-14H,3-4,7-11H2,1-2H3. The number of unbranched alkanes of at least 4 members (excludes halogenated alkanes) is 1. The molecule has 1 N–H and O–H groups in total. The van der Waals surface area contributed by atoms with E-state index in [-0.39, 0.29) is 0 Å². The van der Waals surface area contributed by atoms with Gasteiger partial charge in [-0.05, 0) is 31.6 Å². The Kier molecular flexibility index (Phi) is 5.71. The molecule has 0 bridgehead atoms. The van der Waals surface area contributed by atoms with E-state index in [0.717, 1.165) is 31.3 Å². The van der Waals surface area contributed by atoms with E-state index in [9.17, 15) is 0 Å². The maximum absolute atomic E-state index is 3.59. The molecule has 0 radical (unpaired) electrons. The first-order valence-electron chi connectivity index (χ1n) is 6.02. The molecule has 0 aliphatic heterocycles. The molecule has 1 heteroatoms. The van der Waals surface area contributed by atoms with Crippen molar-refractivity contribution >= 4 is 0 Å². The van der Waals surface area contributed by atoms with Gasteiger partial charge >= 0.3 is 0 Å². The van der Waals surface area contributed by atoms with Gasteiger partial charge in [0.2, 0.25) is 0 Å². The number of rotatable bonds is 4. The predicted molar refractivity (Wildman–Crippen MR) is 62.1 cm³/mol. The van der Waals surface area contributed by atoms with Crippen molar-refractivity contribution in [2.24, 2.45) is 5.92 Å². The molecule has 0 aromatic rings. The lowest BCUT2D eigenvalue weighted by Gasteiger charge is -2.10. The van der Waals surface area contributed by atoms with Gasteiger partial charge in [0.25, 0.3) is 0 Å². The van der Waals surface area contributed by atoms with Crippen LogP contribution in [-0.4, -0.2) is 12.6 Å². The minimum Gasteiger partial charge on any atom is -0.313 e. The van der Waals surface area contributed by atoms with Crippen molar-refractivity contribution < 1.29 is 0 Å². The van der Waals surface area contributed by atoms with Crippen molar-refractivity contribution in [1.29, 1.82) is 0 Å². The topological polar surface area (TPSA) is 12.0 Å². The maximum atomic E-state index is 3.59. The van der Waals surface area contributed by atoms with Crippen molar-refractivity contribution in [1.82, 2.24) is 5.32 Å². The van der Waals surface area contributed by atoms with E-state index in [4.69, 9.17) is 0 Å². The summed E-state index contributed by atoms with van der Waals surface area (Å²) in [6.45, 7) is 5.60. The minimum absolute atomic E-state index is 0.776. The average Bonchev–Trinajstić information content (AvgIpc) is 2.58. The normalized spacial score (nSPS) is 25.9. The average molecular weight is 193 g/mol. The Morgan fingerprint density at radius 2 is 2.00 bits per heavy atom. The first kappa shape index (κ1) is 11.6. The molecule has 2 unspecified atom stereocenters. The van der Waals surface area contributed by atoms with Crippen LogP contribution in [0.1, 0.15) is 52.4 Å². The van der Waals surface area contributed by atoms with Crippen LogP contribution in [0.25, 0.3) is 0 Å². The second-order valence-corrected chi connectivity index (χ2v) is 4.42. The molecule has 2 atom stereocenters. The summed E-state index contributed by atoms with van der Waals surface area (Å²) in [5.74, 6) is 7.32. The van der Waals surface area contributed by atoms with Crippen LogP contribution >= 0.6 is 0 Å². The zero-order chi connectivity index (χ0) is 10.2. The molecule has 0 aromatic heterocycles. The van der Waals surface area contributed by atoms with Crippen molar-refractivity contribution in [3.63, 3.8) is 0 Å². The molecular formula is C13H23N. The Morgan fingerprint density at radius 3 is 2.64 bits per heavy atom. The molecule has 14 heavy (non-hydrogen) atoms. The lowest BCUT2D eigenvalue weighted by atomic mass is 10.1. The summed E-state index contributed by atoms with van der Waals surface area (Å²) in [5.41, 5.74) is 0. The summed E-state index contributed by atoms with van der Waals surface area (Å²) < 4.78 is 0. The molecule has 1 nitrogen and oxygen atoms in total. The van der Waals surface area contributed by atoms with Crippen LogP contribution in [0.4, 0.5) is 0 Å². The van der Waals surface area contributed by atoms with E-state index in [2.05, 4.69) is 31.0 Å². The number of hydrogen-bond acceptors (Lipinski definition) is 1. The summed E-state index contributed by atoms with van der Waals surface area (Å²) in [4.78, 5) is 0. The summed E-state index contributed by atoms with van der Waals surface area (Å²) in [5, 5.41) is 3.59. The van der Waals surface area contributed by atoms with Crippen LogP contribution in [0.3, 0.4) is 0 Å². The SMILES string of the molecule is CCCC#CCCNC1CCC(C)C1. The second kappa shape index (κ2) is 6.90. The molecule has 1 saturated carbocycles. The van der Waals surface area contributed by atoms with E-state index in [1.807, 2.05) is 0 Å². The van der Waals surface area contributed by atoms with Gasteiger partial charge in [0.05, 0.1) is 0 Å². The van der Waals surface area contributed by atoms with Gasteiger partial charge in [-0.3, -0.25) is 0 Å². The molecule has 1 fully saturated rings. The predicted octanol–water partition coefficient (Wildman–Crippen LogP) is 2.96. The van der Waals surface area contributed by atoms with Gasteiger partial charge in [-0.25, -0.2) is 0 Å². The lowest BCUT2D eigenvalue weighted by Crippen LogP contribution is -2.27. The third-order valence-corrected chi connectivity index (χ3v) is 2.88. The molecule has 0 saturated heterocycles. The van der Waals surface area contributed by atoms with E-state index >= 15 is 0 Å². The zero-order valence-electron chi connectivity index (χ0n) is 9.60. The Balaban J connectivity index is 1.97. The fourth-order valence-corrected chi connectivity index (χ4v) is 2.03. The first-order valence-corrected chi connectivity index (χ1v) is 6.02. The van der Waals surface area contributed by atoms with Crippen LogP contribution in [0, 0.1) is 17.8 Å². The van der Waals surface area contributed by atoms with Gasteiger partial charge < -0.3 is 5.32 Å². The van der Waals surface area contributed by atoms with Crippen molar-refractivity contribution in [3.8, 4) is 11.8 Å². The van der Waals surface area contributed by atoms with Crippen LogP contribution in [0.2, 0.25) is 0 Å². The van der Waals surface area contributed by atoms with Crippen LogP contribution < -0.4 is 5.32 Å². The van der Waals surface area contributed by atoms with E-state index in [1.54, 1.807) is 0 Å². The van der Waals surface area contributed by atoms with Crippen molar-refractivity contribution in [2.75, 3.05) is 6.54 Å². The Labute approximate surface area is 88.7 Å². The molecule has 0 spiro atoms. The van der Waals surface area contributed by atoms with E-state index < -0.39 is 0 Å². The highest BCUT2D eigenvalue weighted by atomic mass is 14.9. The monoisotopic (exact) mass is 193 g/mol. The van der Waals surface area contributed by atoms with Gasteiger partial charge in [-0.15, -0.1) is 11.8 Å². The zero-order valence-corrected chi connectivity index (χ0v) is 9.60. The van der Waals surface area contributed by atoms with Crippen molar-refractivity contribution in [2.45, 2.75) is 58.4 Å². The van der Waals surface area contributed by atoms with Gasteiger partial charge in [0.1, 0.15) is 0 Å². The molecule has 0 aromatic carbocycles. The van der Waals surface area contributed by atoms with Gasteiger partial charge in [0.15, 0.2) is 0 Å². The Hall–Kier alpha value is -0.480. The number of nitrogens with one attached hydrogen (secondary N) is 1. The summed E-state index contributed by atoms with van der Waals surface area (Å²) >= 11 is 0. The highest BCUT2D eigenvalue weighted by molar-refractivity contribution is 4.99. The van der Waals surface area contributed by atoms with Crippen LogP contribution in [0.15, 0.2) is 0 Å². The van der Waals surface area contributed by atoms with Crippen LogP contribution in [0.5, 0.6) is 0 Å². The molecule has 1 aliphatic carbocycles. The Morgan fingerprint density at radius 1 is 1.21 bits per heavy atom. The highest BCUT2D eigenvalue weighted by Gasteiger charge is 2.19. The smallest absolute Gasteiger partial charge is 0.0214 e. The van der Waals surface area contributed by atoms with Gasteiger partial charge in [0, 0.05) is 25.4 Å². The molecule has 1 rings (SSSR count). The molecule has 0 amide bonds. The van der Waals surface area contributed by atoms with Gasteiger partial charge in [-0.2, -0.15) is 0 Å². The Bertz CT molecular complexity index is 199. The van der Waals surface area contributed by atoms with Gasteiger partial charge in [-0.1, -0.05) is 13.8 Å². The van der Waals surface area contributed by atoms with Crippen LogP contribution in [-0.2, 0) is 0 Å². The fourth-order valence-electron chi connectivity index (χ4n) is 2.03. The molecule has 1 aliphatic rings. The minimum atomic E-state index is 0.776. The second-order valence-electron chi connectivity index (χ2n) is 4.42. The molecule has 80 valence electrons. The highest BCUT2D eigenvalue weighted by Crippen LogP contribution is 2.24. The fraction of sp³-hybridized carbons (Fsp3) is 0.846. The lowest BCUT2D eigenvalue weighted by molar-refractivity contribution is 0.509. The largest absolute Gasteiger partial charge is 0.313 e. The maximum Gasteiger partial charge on any atom is 0.0214 e. The van der Waals surface area contributed by atoms with E-state index in [0.29, 0.717) is 0 Å². The van der Waals surface area contributed by atoms with E-state index in [1.165, 1.54) is 25.7 Å². The quantitative estimate of drug-likeness (QED) is 0.534.